The number of halogens is 1. The molecule has 5 rings (SSSR count). The Morgan fingerprint density at radius 3 is 2.70 bits per heavy atom. The number of para-hydroxylation sites is 1. The van der Waals surface area contributed by atoms with E-state index in [1.807, 2.05) is 0 Å². The Labute approximate surface area is 216 Å². The number of imidazole rings is 1. The van der Waals surface area contributed by atoms with Gasteiger partial charge in [-0.15, -0.1) is 0 Å². The minimum absolute atomic E-state index is 0.0509. The number of rotatable bonds is 9. The predicted molar refractivity (Wildman–Crippen MR) is 132 cm³/mol. The summed E-state index contributed by atoms with van der Waals surface area (Å²) in [5.41, 5.74) is 5.09. The number of aromatic nitrogens is 4. The zero-order chi connectivity index (χ0) is 26.5. The average molecular weight is 553 g/mol. The highest BCUT2D eigenvalue weighted by atomic mass is 35.5. The second-order valence-electron chi connectivity index (χ2n) is 9.17. The Bertz CT molecular complexity index is 1370. The van der Waals surface area contributed by atoms with Crippen molar-refractivity contribution in [3.8, 4) is 5.75 Å². The molecule has 15 heteroatoms. The number of carbonyl (C=O) groups is 1. The van der Waals surface area contributed by atoms with E-state index in [1.54, 1.807) is 48.7 Å². The summed E-state index contributed by atoms with van der Waals surface area (Å²) in [6, 6.07) is 7.32. The van der Waals surface area contributed by atoms with Crippen LogP contribution in [0.25, 0.3) is 11.2 Å². The molecule has 0 spiro atoms. The predicted octanol–water partition coefficient (Wildman–Crippen LogP) is 2.60. The topological polar surface area (TPSA) is 173 Å². The van der Waals surface area contributed by atoms with E-state index in [1.165, 1.54) is 13.3 Å². The highest BCUT2D eigenvalue weighted by molar-refractivity contribution is 7.52. The number of carbonyl (C=O) groups excluding carboxylic acids is 1. The number of nitrogens with two attached hydrogens (primary N) is 1. The molecule has 198 valence electrons. The van der Waals surface area contributed by atoms with Crippen molar-refractivity contribution in [2.75, 3.05) is 5.73 Å². The van der Waals surface area contributed by atoms with Crippen molar-refractivity contribution in [1.82, 2.24) is 24.6 Å². The molecule has 1 aromatic carbocycles. The fourth-order valence-corrected chi connectivity index (χ4v) is 6.08. The highest BCUT2D eigenvalue weighted by Crippen LogP contribution is 2.61. The molecule has 6 atom stereocenters. The maximum Gasteiger partial charge on any atom is 0.459 e. The molecule has 3 aromatic rings. The average Bonchev–Trinajstić information content (AvgIpc) is 3.13. The number of benzene rings is 1. The van der Waals surface area contributed by atoms with E-state index in [0.29, 0.717) is 11.2 Å². The van der Waals surface area contributed by atoms with Gasteiger partial charge in [-0.1, -0.05) is 18.2 Å². The van der Waals surface area contributed by atoms with Crippen molar-refractivity contribution in [1.29, 1.82) is 0 Å². The molecule has 13 nitrogen and oxygen atoms in total. The molecule has 1 saturated heterocycles. The van der Waals surface area contributed by atoms with Crippen LogP contribution in [0.4, 0.5) is 5.82 Å². The summed E-state index contributed by atoms with van der Waals surface area (Å²) in [4.78, 5) is 24.6. The van der Waals surface area contributed by atoms with Gasteiger partial charge in [0, 0.05) is 6.42 Å². The molecule has 1 aliphatic carbocycles. The van der Waals surface area contributed by atoms with Gasteiger partial charge in [0.25, 0.3) is 0 Å². The highest BCUT2D eigenvalue weighted by Gasteiger charge is 2.74. The molecule has 1 aliphatic heterocycles. The second kappa shape index (κ2) is 9.50. The lowest BCUT2D eigenvalue weighted by molar-refractivity contribution is -0.149. The van der Waals surface area contributed by atoms with Crippen LogP contribution in [0.1, 0.15) is 33.4 Å². The number of hydrogen-bond acceptors (Lipinski definition) is 11. The number of esters is 1. The van der Waals surface area contributed by atoms with Gasteiger partial charge in [-0.25, -0.2) is 9.55 Å². The molecule has 0 amide bonds. The molecule has 0 radical (unpaired) electrons. The van der Waals surface area contributed by atoms with E-state index in [2.05, 4.69) is 20.0 Å². The molecule has 2 fully saturated rings. The van der Waals surface area contributed by atoms with Crippen LogP contribution in [0.2, 0.25) is 5.28 Å². The lowest BCUT2D eigenvalue weighted by Gasteiger charge is -2.25. The molecule has 0 bridgehead atoms. The van der Waals surface area contributed by atoms with E-state index >= 15 is 0 Å². The van der Waals surface area contributed by atoms with Crippen LogP contribution in [-0.4, -0.2) is 60.5 Å². The number of nitrogens with zero attached hydrogens (tertiary/aromatic N) is 4. The molecular weight excluding hydrogens is 527 g/mol. The van der Waals surface area contributed by atoms with Crippen LogP contribution in [0.15, 0.2) is 36.7 Å². The maximum absolute atomic E-state index is 13.8. The Morgan fingerprint density at radius 2 is 2.05 bits per heavy atom. The summed E-state index contributed by atoms with van der Waals surface area (Å²) < 4.78 is 38.0. The van der Waals surface area contributed by atoms with Crippen LogP contribution in [0.5, 0.6) is 5.75 Å². The Hall–Kier alpha value is -2.80. The van der Waals surface area contributed by atoms with Crippen molar-refractivity contribution in [3.63, 3.8) is 0 Å². The standard InChI is InChI=1S/C22H26ClN6O7P/c1-11(2)33-20(30)12(3)28-37(32,35-13-7-5-4-6-8-13)36-17-16-22(17,31)9-14(34-16)29-10-25-15-18(24)26-21(23)27-19(15)29/h4-8,10-12,14,16-17,31H,9H2,1-3H3,(H,28,32)(H2,24,26,27)/t12-,14-,16-,17?,22+,37?/m1/s1. The zero-order valence-corrected chi connectivity index (χ0v) is 21.8. The number of fused-ring (bicyclic) bond motifs is 2. The normalized spacial score (nSPS) is 27.0. The third-order valence-electron chi connectivity index (χ3n) is 5.97. The first-order valence-electron chi connectivity index (χ1n) is 11.5. The van der Waals surface area contributed by atoms with E-state index < -0.39 is 43.8 Å². The zero-order valence-electron chi connectivity index (χ0n) is 20.1. The van der Waals surface area contributed by atoms with Gasteiger partial charge >= 0.3 is 13.7 Å². The van der Waals surface area contributed by atoms with Gasteiger partial charge in [-0.05, 0) is 44.5 Å². The fraction of sp³-hybridized carbons (Fsp3) is 0.455. The van der Waals surface area contributed by atoms with Crippen molar-refractivity contribution < 1.29 is 33.0 Å². The fourth-order valence-electron chi connectivity index (χ4n) is 4.18. The van der Waals surface area contributed by atoms with Gasteiger partial charge in [-0.3, -0.25) is 13.9 Å². The second-order valence-corrected chi connectivity index (χ2v) is 11.2. The number of ether oxygens (including phenoxy) is 2. The van der Waals surface area contributed by atoms with Gasteiger partial charge in [0.05, 0.1) is 12.4 Å². The quantitative estimate of drug-likeness (QED) is 0.201. The first kappa shape index (κ1) is 25.8. The molecular formula is C22H26ClN6O7P. The van der Waals surface area contributed by atoms with Gasteiger partial charge in [-0.2, -0.15) is 15.1 Å². The third-order valence-corrected chi connectivity index (χ3v) is 7.79. The van der Waals surface area contributed by atoms with Crippen LogP contribution >= 0.6 is 19.3 Å². The van der Waals surface area contributed by atoms with Crippen LogP contribution in [0, 0.1) is 0 Å². The van der Waals surface area contributed by atoms with Crippen LogP contribution in [-0.2, 0) is 23.4 Å². The van der Waals surface area contributed by atoms with E-state index in [0.717, 1.165) is 0 Å². The van der Waals surface area contributed by atoms with Crippen LogP contribution < -0.4 is 15.3 Å². The van der Waals surface area contributed by atoms with Crippen molar-refractivity contribution in [3.05, 3.63) is 41.9 Å². The van der Waals surface area contributed by atoms with E-state index in [4.69, 9.17) is 35.9 Å². The van der Waals surface area contributed by atoms with Crippen molar-refractivity contribution >= 4 is 42.3 Å². The summed E-state index contributed by atoms with van der Waals surface area (Å²) in [7, 11) is -4.18. The number of nitrogens with one attached hydrogen (secondary N) is 1. The molecule has 2 unspecified atom stereocenters. The first-order valence-corrected chi connectivity index (χ1v) is 13.5. The minimum atomic E-state index is -4.18. The lowest BCUT2D eigenvalue weighted by Crippen LogP contribution is -2.37. The number of anilines is 1. The van der Waals surface area contributed by atoms with Gasteiger partial charge < -0.3 is 24.8 Å². The van der Waals surface area contributed by atoms with E-state index in [9.17, 15) is 14.5 Å². The number of aliphatic hydroxyl groups is 1. The summed E-state index contributed by atoms with van der Waals surface area (Å²) >= 11 is 5.94. The molecule has 4 N–H and O–H groups in total. The van der Waals surface area contributed by atoms with Crippen molar-refractivity contribution in [2.45, 2.75) is 63.4 Å². The summed E-state index contributed by atoms with van der Waals surface area (Å²) in [5.74, 6) is -0.265. The Morgan fingerprint density at radius 1 is 1.32 bits per heavy atom. The van der Waals surface area contributed by atoms with Gasteiger partial charge in [0.2, 0.25) is 5.28 Å². The molecule has 2 aliphatic rings. The SMILES string of the molecule is CC(C)OC(=O)[C@@H](C)NP(=O)(Oc1ccccc1)OC1[C@H]2O[C@@H](n3cnc4c(N)nc(Cl)nc43)C[C@@]12O. The summed E-state index contributed by atoms with van der Waals surface area (Å²) in [5, 5.41) is 13.8. The lowest BCUT2D eigenvalue weighted by atomic mass is 10.2. The molecule has 2 aromatic heterocycles. The van der Waals surface area contributed by atoms with Gasteiger partial charge in [0.15, 0.2) is 11.5 Å². The minimum Gasteiger partial charge on any atom is -0.462 e. The third kappa shape index (κ3) is 5.02. The molecule has 37 heavy (non-hydrogen) atoms. The van der Waals surface area contributed by atoms with Crippen molar-refractivity contribution in [2.24, 2.45) is 0 Å². The van der Waals surface area contributed by atoms with Crippen LogP contribution in [0.3, 0.4) is 0 Å². The smallest absolute Gasteiger partial charge is 0.459 e. The van der Waals surface area contributed by atoms with E-state index in [-0.39, 0.29) is 29.4 Å². The summed E-state index contributed by atoms with van der Waals surface area (Å²) in [6.45, 7) is 4.88. The number of hydrogen-bond donors (Lipinski definition) is 3. The Balaban J connectivity index is 1.32. The monoisotopic (exact) mass is 552 g/mol. The Kier molecular flexibility index (Phi) is 6.63. The summed E-state index contributed by atoms with van der Waals surface area (Å²) in [6.07, 6.45) is -1.29. The maximum atomic E-state index is 13.8. The molecule has 1 saturated carbocycles. The molecule has 3 heterocycles. The number of nitrogen functional groups attached to an aromatic ring is 1. The largest absolute Gasteiger partial charge is 0.462 e. The van der Waals surface area contributed by atoms with Gasteiger partial charge in [0.1, 0.15) is 41.3 Å². The first-order chi connectivity index (χ1) is 17.5.